The summed E-state index contributed by atoms with van der Waals surface area (Å²) >= 11 is 0. The molecule has 0 fully saturated rings. The maximum atomic E-state index is 13.1. The number of amides is 1. The lowest BCUT2D eigenvalue weighted by atomic mass is 9.77. The Hall–Kier alpha value is -2.49. The summed E-state index contributed by atoms with van der Waals surface area (Å²) < 4.78 is 6.19. The molecular weight excluding hydrogens is 410 g/mol. The molecule has 0 heterocycles. The minimum atomic E-state index is -0.365. The third-order valence-corrected chi connectivity index (χ3v) is 6.70. The molecule has 0 saturated carbocycles. The largest absolute Gasteiger partial charge is 0.507 e. The van der Waals surface area contributed by atoms with E-state index in [0.29, 0.717) is 18.8 Å². The number of benzene rings is 2. The maximum absolute atomic E-state index is 13.1. The molecule has 0 spiro atoms. The van der Waals surface area contributed by atoms with Crippen LogP contribution in [0.1, 0.15) is 88.8 Å². The number of rotatable bonds is 4. The van der Waals surface area contributed by atoms with Crippen molar-refractivity contribution in [3.63, 3.8) is 0 Å². The van der Waals surface area contributed by atoms with Crippen molar-refractivity contribution in [2.24, 2.45) is 0 Å². The molecule has 0 bridgehead atoms. The minimum absolute atomic E-state index is 0.236. The van der Waals surface area contributed by atoms with Crippen molar-refractivity contribution in [2.45, 2.75) is 93.9 Å². The molecular formula is C29H43NO3. The summed E-state index contributed by atoms with van der Waals surface area (Å²) in [5.74, 6) is 0.811. The van der Waals surface area contributed by atoms with Gasteiger partial charge in [-0.3, -0.25) is 0 Å². The average Bonchev–Trinajstić information content (AvgIpc) is 2.68. The van der Waals surface area contributed by atoms with E-state index in [9.17, 15) is 9.90 Å². The van der Waals surface area contributed by atoms with Crippen LogP contribution in [0.3, 0.4) is 0 Å². The number of hydrogen-bond donors (Lipinski definition) is 1. The van der Waals surface area contributed by atoms with E-state index in [0.717, 1.165) is 44.5 Å². The predicted octanol–water partition coefficient (Wildman–Crippen LogP) is 7.73. The van der Waals surface area contributed by atoms with Gasteiger partial charge in [0.25, 0.3) is 0 Å². The second-order valence-electron chi connectivity index (χ2n) is 11.2. The molecule has 0 saturated heterocycles. The molecule has 0 aliphatic carbocycles. The number of aryl methyl sites for hydroxylation is 2. The van der Waals surface area contributed by atoms with Gasteiger partial charge in [-0.1, -0.05) is 53.7 Å². The summed E-state index contributed by atoms with van der Waals surface area (Å²) in [6.07, 6.45) is -0.365. The van der Waals surface area contributed by atoms with E-state index in [1.54, 1.807) is 4.90 Å². The van der Waals surface area contributed by atoms with E-state index in [-0.39, 0.29) is 22.7 Å². The molecule has 0 aliphatic rings. The maximum Gasteiger partial charge on any atom is 0.415 e. The first-order chi connectivity index (χ1) is 15.1. The number of hydrogen-bond acceptors (Lipinski definition) is 3. The van der Waals surface area contributed by atoms with Crippen LogP contribution in [0.15, 0.2) is 12.1 Å². The number of carbonyl (C=O) groups is 1. The lowest BCUT2D eigenvalue weighted by molar-refractivity contribution is 0.156. The lowest BCUT2D eigenvalue weighted by Gasteiger charge is -2.30. The van der Waals surface area contributed by atoms with Crippen molar-refractivity contribution in [3.05, 3.63) is 45.5 Å². The molecule has 2 aromatic rings. The Bertz CT molecular complexity index is 1050. The number of phenolic OH excluding ortho intramolecular Hbond substituents is 1. The van der Waals surface area contributed by atoms with Crippen LogP contribution in [0.4, 0.5) is 4.79 Å². The number of phenols is 1. The SMILES string of the molecule is CCN(CC)C(=O)Oc1c(C(C)(C)C)cc(C)c(C)c1-c1c(C)c(C)cc(C(C)(C)C)c1O. The first kappa shape index (κ1) is 26.8. The fraction of sp³-hybridized carbons (Fsp3) is 0.552. The van der Waals surface area contributed by atoms with Gasteiger partial charge < -0.3 is 14.7 Å². The normalized spacial score (nSPS) is 12.1. The third kappa shape index (κ3) is 5.20. The Labute approximate surface area is 201 Å². The molecule has 2 rings (SSSR count). The molecule has 33 heavy (non-hydrogen) atoms. The molecule has 0 aromatic heterocycles. The number of aromatic hydroxyl groups is 1. The number of nitrogens with zero attached hydrogens (tertiary/aromatic N) is 1. The van der Waals surface area contributed by atoms with E-state index in [1.165, 1.54) is 0 Å². The van der Waals surface area contributed by atoms with E-state index >= 15 is 0 Å². The zero-order valence-electron chi connectivity index (χ0n) is 22.8. The summed E-state index contributed by atoms with van der Waals surface area (Å²) in [6.45, 7) is 26.0. The Morgan fingerprint density at radius 3 is 1.67 bits per heavy atom. The van der Waals surface area contributed by atoms with E-state index in [1.807, 2.05) is 27.7 Å². The summed E-state index contributed by atoms with van der Waals surface area (Å²) in [6, 6.07) is 4.20. The van der Waals surface area contributed by atoms with Crippen molar-refractivity contribution in [2.75, 3.05) is 13.1 Å². The molecule has 1 N–H and O–H groups in total. The third-order valence-electron chi connectivity index (χ3n) is 6.70. The smallest absolute Gasteiger partial charge is 0.415 e. The average molecular weight is 454 g/mol. The fourth-order valence-electron chi connectivity index (χ4n) is 4.27. The summed E-state index contributed by atoms with van der Waals surface area (Å²) in [5, 5.41) is 11.6. The van der Waals surface area contributed by atoms with Gasteiger partial charge in [-0.2, -0.15) is 0 Å². The van der Waals surface area contributed by atoms with Gasteiger partial charge >= 0.3 is 6.09 Å². The molecule has 0 radical (unpaired) electrons. The van der Waals surface area contributed by atoms with Crippen LogP contribution in [0.2, 0.25) is 0 Å². The molecule has 182 valence electrons. The van der Waals surface area contributed by atoms with Crippen molar-refractivity contribution in [1.29, 1.82) is 0 Å². The highest BCUT2D eigenvalue weighted by Crippen LogP contribution is 2.49. The van der Waals surface area contributed by atoms with Crippen LogP contribution >= 0.6 is 0 Å². The van der Waals surface area contributed by atoms with Crippen LogP contribution < -0.4 is 4.74 Å². The first-order valence-electron chi connectivity index (χ1n) is 12.0. The van der Waals surface area contributed by atoms with Gasteiger partial charge in [0.15, 0.2) is 0 Å². The van der Waals surface area contributed by atoms with E-state index in [2.05, 4.69) is 67.5 Å². The van der Waals surface area contributed by atoms with Gasteiger partial charge in [0.2, 0.25) is 0 Å². The Balaban J connectivity index is 3.05. The topological polar surface area (TPSA) is 49.8 Å². The van der Waals surface area contributed by atoms with Crippen LogP contribution in [0, 0.1) is 27.7 Å². The highest BCUT2D eigenvalue weighted by Gasteiger charge is 2.31. The van der Waals surface area contributed by atoms with Gasteiger partial charge in [-0.15, -0.1) is 0 Å². The van der Waals surface area contributed by atoms with Gasteiger partial charge in [0, 0.05) is 35.3 Å². The number of ether oxygens (including phenoxy) is 1. The van der Waals surface area contributed by atoms with Gasteiger partial charge in [-0.25, -0.2) is 4.79 Å². The minimum Gasteiger partial charge on any atom is -0.507 e. The lowest BCUT2D eigenvalue weighted by Crippen LogP contribution is -2.34. The van der Waals surface area contributed by atoms with Crippen LogP contribution in [-0.2, 0) is 10.8 Å². The molecule has 1 amide bonds. The molecule has 4 heteroatoms. The van der Waals surface area contributed by atoms with Crippen LogP contribution in [0.25, 0.3) is 11.1 Å². The zero-order chi connectivity index (χ0) is 25.5. The second kappa shape index (κ2) is 9.40. The zero-order valence-corrected chi connectivity index (χ0v) is 22.8. The Morgan fingerprint density at radius 2 is 1.24 bits per heavy atom. The summed E-state index contributed by atoms with van der Waals surface area (Å²) in [5.41, 5.74) is 7.13. The molecule has 4 nitrogen and oxygen atoms in total. The Kier molecular flexibility index (Phi) is 7.62. The molecule has 0 unspecified atom stereocenters. The van der Waals surface area contributed by atoms with Crippen molar-refractivity contribution >= 4 is 6.09 Å². The Morgan fingerprint density at radius 1 is 0.818 bits per heavy atom. The highest BCUT2D eigenvalue weighted by molar-refractivity contribution is 5.87. The molecule has 0 atom stereocenters. The van der Waals surface area contributed by atoms with Crippen LogP contribution in [-0.4, -0.2) is 29.2 Å². The van der Waals surface area contributed by atoms with Crippen LogP contribution in [0.5, 0.6) is 11.5 Å². The van der Waals surface area contributed by atoms with E-state index < -0.39 is 0 Å². The predicted molar refractivity (Wildman–Crippen MR) is 139 cm³/mol. The van der Waals surface area contributed by atoms with Gasteiger partial charge in [0.1, 0.15) is 11.5 Å². The van der Waals surface area contributed by atoms with Crippen molar-refractivity contribution < 1.29 is 14.6 Å². The summed E-state index contributed by atoms with van der Waals surface area (Å²) in [7, 11) is 0. The monoisotopic (exact) mass is 453 g/mol. The standard InChI is InChI=1S/C29H43NO3/c1-13-30(14-2)27(32)33-26-22(29(10,11)12)16-18(4)20(6)24(26)23-19(5)17(3)15-21(25(23)31)28(7,8)9/h15-16,31H,13-14H2,1-12H3. The highest BCUT2D eigenvalue weighted by atomic mass is 16.6. The first-order valence-corrected chi connectivity index (χ1v) is 12.0. The van der Waals surface area contributed by atoms with E-state index in [4.69, 9.17) is 4.74 Å². The molecule has 0 aliphatic heterocycles. The molecule has 2 aromatic carbocycles. The second-order valence-corrected chi connectivity index (χ2v) is 11.2. The van der Waals surface area contributed by atoms with Crippen molar-refractivity contribution in [1.82, 2.24) is 4.90 Å². The van der Waals surface area contributed by atoms with Crippen molar-refractivity contribution in [3.8, 4) is 22.6 Å². The van der Waals surface area contributed by atoms with Gasteiger partial charge in [-0.05, 0) is 74.6 Å². The summed E-state index contributed by atoms with van der Waals surface area (Å²) in [4.78, 5) is 14.8. The quantitative estimate of drug-likeness (QED) is 0.515. The fourth-order valence-corrected chi connectivity index (χ4v) is 4.27. The number of carbonyl (C=O) groups excluding carboxylic acids is 1. The van der Waals surface area contributed by atoms with Gasteiger partial charge in [0.05, 0.1) is 0 Å².